The van der Waals surface area contributed by atoms with Gasteiger partial charge in [0, 0.05) is 44.7 Å². The van der Waals surface area contributed by atoms with Gasteiger partial charge in [-0.3, -0.25) is 9.59 Å². The fourth-order valence-electron chi connectivity index (χ4n) is 4.39. The summed E-state index contributed by atoms with van der Waals surface area (Å²) in [5, 5.41) is 8.83. The van der Waals surface area contributed by atoms with Gasteiger partial charge in [0.15, 0.2) is 5.82 Å². The van der Waals surface area contributed by atoms with Crippen LogP contribution < -0.4 is 9.64 Å². The Kier molecular flexibility index (Phi) is 8.72. The second-order valence-electron chi connectivity index (χ2n) is 9.71. The SMILES string of the molecule is COc1cccc(-c2ccc(N3CCN(C(=O)CN(Cc4ccccc4)C(=O)CC(C)C)CC3)nn2)c1. The zero-order valence-corrected chi connectivity index (χ0v) is 21.8. The molecule has 1 fully saturated rings. The van der Waals surface area contributed by atoms with E-state index in [0.29, 0.717) is 39.1 Å². The molecule has 0 N–H and O–H groups in total. The summed E-state index contributed by atoms with van der Waals surface area (Å²) in [6.45, 7) is 7.06. The Balaban J connectivity index is 1.34. The molecule has 1 saturated heterocycles. The van der Waals surface area contributed by atoms with Crippen LogP contribution in [0, 0.1) is 5.92 Å². The number of hydrogen-bond donors (Lipinski definition) is 0. The first kappa shape index (κ1) is 26.1. The van der Waals surface area contributed by atoms with E-state index in [1.54, 1.807) is 12.0 Å². The predicted molar refractivity (Wildman–Crippen MR) is 144 cm³/mol. The molecule has 0 saturated carbocycles. The molecule has 2 aromatic carbocycles. The standard InChI is InChI=1S/C29H35N5O3/c1-22(2)18-28(35)34(20-23-8-5-4-6-9-23)21-29(36)33-16-14-32(15-17-33)27-13-12-26(30-31-27)24-10-7-11-25(19-24)37-3/h4-13,19,22H,14-18,20-21H2,1-3H3. The Labute approximate surface area is 218 Å². The summed E-state index contributed by atoms with van der Waals surface area (Å²) in [4.78, 5) is 31.7. The number of methoxy groups -OCH3 is 1. The van der Waals surface area contributed by atoms with Crippen LogP contribution in [-0.4, -0.2) is 71.6 Å². The molecule has 0 spiro atoms. The topological polar surface area (TPSA) is 78.9 Å². The van der Waals surface area contributed by atoms with Crippen molar-refractivity contribution in [2.75, 3.05) is 44.7 Å². The lowest BCUT2D eigenvalue weighted by atomic mass is 10.1. The molecule has 3 aromatic rings. The number of nitrogens with zero attached hydrogens (tertiary/aromatic N) is 5. The Morgan fingerprint density at radius 1 is 0.946 bits per heavy atom. The Morgan fingerprint density at radius 3 is 2.35 bits per heavy atom. The monoisotopic (exact) mass is 501 g/mol. The molecule has 37 heavy (non-hydrogen) atoms. The Bertz CT molecular complexity index is 1180. The van der Waals surface area contributed by atoms with Crippen molar-refractivity contribution in [1.82, 2.24) is 20.0 Å². The van der Waals surface area contributed by atoms with Crippen molar-refractivity contribution in [2.45, 2.75) is 26.8 Å². The fourth-order valence-corrected chi connectivity index (χ4v) is 4.39. The highest BCUT2D eigenvalue weighted by molar-refractivity contribution is 5.85. The maximum Gasteiger partial charge on any atom is 0.242 e. The van der Waals surface area contributed by atoms with E-state index in [0.717, 1.165) is 28.4 Å². The first-order valence-corrected chi connectivity index (χ1v) is 12.8. The van der Waals surface area contributed by atoms with E-state index in [1.807, 2.05) is 85.5 Å². The van der Waals surface area contributed by atoms with Gasteiger partial charge in [0.2, 0.25) is 11.8 Å². The maximum atomic E-state index is 13.2. The highest BCUT2D eigenvalue weighted by atomic mass is 16.5. The van der Waals surface area contributed by atoms with Gasteiger partial charge in [0.1, 0.15) is 12.3 Å². The zero-order valence-electron chi connectivity index (χ0n) is 21.8. The molecule has 0 radical (unpaired) electrons. The lowest BCUT2D eigenvalue weighted by Crippen LogP contribution is -2.52. The third kappa shape index (κ3) is 7.06. The van der Waals surface area contributed by atoms with Gasteiger partial charge in [-0.2, -0.15) is 0 Å². The molecule has 8 nitrogen and oxygen atoms in total. The molecule has 0 bridgehead atoms. The molecule has 1 aliphatic heterocycles. The van der Waals surface area contributed by atoms with Crippen LogP contribution in [0.25, 0.3) is 11.3 Å². The van der Waals surface area contributed by atoms with Crippen molar-refractivity contribution in [2.24, 2.45) is 5.92 Å². The summed E-state index contributed by atoms with van der Waals surface area (Å²) < 4.78 is 5.30. The summed E-state index contributed by atoms with van der Waals surface area (Å²) in [6.07, 6.45) is 0.429. The number of amides is 2. The summed E-state index contributed by atoms with van der Waals surface area (Å²) in [7, 11) is 1.64. The number of anilines is 1. The van der Waals surface area contributed by atoms with Crippen molar-refractivity contribution in [1.29, 1.82) is 0 Å². The van der Waals surface area contributed by atoms with Crippen molar-refractivity contribution in [3.05, 3.63) is 72.3 Å². The average Bonchev–Trinajstić information content (AvgIpc) is 2.93. The lowest BCUT2D eigenvalue weighted by molar-refractivity contribution is -0.141. The Hall–Kier alpha value is -3.94. The van der Waals surface area contributed by atoms with Crippen molar-refractivity contribution in [3.8, 4) is 17.0 Å². The van der Waals surface area contributed by atoms with Gasteiger partial charge in [-0.15, -0.1) is 10.2 Å². The predicted octanol–water partition coefficient (Wildman–Crippen LogP) is 3.88. The van der Waals surface area contributed by atoms with Crippen LogP contribution in [0.15, 0.2) is 66.7 Å². The minimum Gasteiger partial charge on any atom is -0.497 e. The molecule has 0 aliphatic carbocycles. The summed E-state index contributed by atoms with van der Waals surface area (Å²) in [5.74, 6) is 1.79. The highest BCUT2D eigenvalue weighted by Crippen LogP contribution is 2.23. The number of benzene rings is 2. The van der Waals surface area contributed by atoms with Crippen LogP contribution in [0.1, 0.15) is 25.8 Å². The third-order valence-electron chi connectivity index (χ3n) is 6.45. The van der Waals surface area contributed by atoms with Crippen LogP contribution in [0.3, 0.4) is 0 Å². The van der Waals surface area contributed by atoms with E-state index < -0.39 is 0 Å². The smallest absolute Gasteiger partial charge is 0.242 e. The molecule has 2 heterocycles. The van der Waals surface area contributed by atoms with Gasteiger partial charge in [0.25, 0.3) is 0 Å². The Morgan fingerprint density at radius 2 is 1.70 bits per heavy atom. The van der Waals surface area contributed by atoms with E-state index in [4.69, 9.17) is 4.74 Å². The number of piperazine rings is 1. The first-order valence-electron chi connectivity index (χ1n) is 12.8. The minimum atomic E-state index is -0.0212. The highest BCUT2D eigenvalue weighted by Gasteiger charge is 2.26. The van der Waals surface area contributed by atoms with Crippen molar-refractivity contribution in [3.63, 3.8) is 0 Å². The molecular formula is C29H35N5O3. The van der Waals surface area contributed by atoms with Crippen LogP contribution in [0.5, 0.6) is 5.75 Å². The van der Waals surface area contributed by atoms with Crippen LogP contribution in [0.4, 0.5) is 5.82 Å². The van der Waals surface area contributed by atoms with Crippen LogP contribution in [0.2, 0.25) is 0 Å². The summed E-state index contributed by atoms with van der Waals surface area (Å²) >= 11 is 0. The largest absolute Gasteiger partial charge is 0.497 e. The first-order chi connectivity index (χ1) is 17.9. The lowest BCUT2D eigenvalue weighted by Gasteiger charge is -2.36. The molecule has 0 atom stereocenters. The number of ether oxygens (including phenoxy) is 1. The van der Waals surface area contributed by atoms with Gasteiger partial charge < -0.3 is 19.4 Å². The quantitative estimate of drug-likeness (QED) is 0.443. The minimum absolute atomic E-state index is 0.0113. The van der Waals surface area contributed by atoms with Crippen LogP contribution >= 0.6 is 0 Å². The maximum absolute atomic E-state index is 13.2. The molecule has 0 unspecified atom stereocenters. The number of carbonyl (C=O) groups excluding carboxylic acids is 2. The third-order valence-corrected chi connectivity index (χ3v) is 6.45. The fraction of sp³-hybridized carbons (Fsp3) is 0.379. The number of carbonyl (C=O) groups is 2. The van der Waals surface area contributed by atoms with E-state index in [1.165, 1.54) is 0 Å². The van der Waals surface area contributed by atoms with Crippen LogP contribution in [-0.2, 0) is 16.1 Å². The van der Waals surface area contributed by atoms with E-state index in [9.17, 15) is 9.59 Å². The van der Waals surface area contributed by atoms with Gasteiger partial charge in [-0.25, -0.2) is 0 Å². The summed E-state index contributed by atoms with van der Waals surface area (Å²) in [6, 6.07) is 21.5. The average molecular weight is 502 g/mol. The molecule has 1 aliphatic rings. The molecular weight excluding hydrogens is 466 g/mol. The molecule has 194 valence electrons. The molecule has 1 aromatic heterocycles. The van der Waals surface area contributed by atoms with E-state index >= 15 is 0 Å². The van der Waals surface area contributed by atoms with Gasteiger partial charge in [-0.1, -0.05) is 56.3 Å². The van der Waals surface area contributed by atoms with E-state index in [2.05, 4.69) is 15.1 Å². The molecule has 2 amide bonds. The second kappa shape index (κ2) is 12.3. The van der Waals surface area contributed by atoms with Gasteiger partial charge in [-0.05, 0) is 35.7 Å². The van der Waals surface area contributed by atoms with Crippen molar-refractivity contribution >= 4 is 17.6 Å². The normalized spacial score (nSPS) is 13.5. The van der Waals surface area contributed by atoms with Crippen molar-refractivity contribution < 1.29 is 14.3 Å². The number of aromatic nitrogens is 2. The number of hydrogen-bond acceptors (Lipinski definition) is 6. The molecule has 4 rings (SSSR count). The molecule has 8 heteroatoms. The van der Waals surface area contributed by atoms with Gasteiger partial charge >= 0.3 is 0 Å². The number of rotatable bonds is 9. The van der Waals surface area contributed by atoms with Gasteiger partial charge in [0.05, 0.1) is 12.8 Å². The van der Waals surface area contributed by atoms with E-state index in [-0.39, 0.29) is 24.3 Å². The summed E-state index contributed by atoms with van der Waals surface area (Å²) in [5.41, 5.74) is 2.75. The zero-order chi connectivity index (χ0) is 26.2. The second-order valence-corrected chi connectivity index (χ2v) is 9.71.